The molecule has 1 aliphatic carbocycles. The van der Waals surface area contributed by atoms with E-state index in [0.717, 1.165) is 16.9 Å². The Morgan fingerprint density at radius 2 is 1.81 bits per heavy atom. The average Bonchev–Trinajstić information content (AvgIpc) is 3.42. The quantitative estimate of drug-likeness (QED) is 0.316. The van der Waals surface area contributed by atoms with Gasteiger partial charge in [0.2, 0.25) is 0 Å². The molecule has 9 nitrogen and oxygen atoms in total. The lowest BCUT2D eigenvalue weighted by molar-refractivity contribution is -0.200. The van der Waals surface area contributed by atoms with Crippen LogP contribution in [0.4, 0.5) is 0 Å². The van der Waals surface area contributed by atoms with Gasteiger partial charge in [-0.15, -0.1) is 0 Å². The van der Waals surface area contributed by atoms with E-state index in [4.69, 9.17) is 14.2 Å². The van der Waals surface area contributed by atoms with Gasteiger partial charge in [-0.05, 0) is 30.7 Å². The number of hydrogen-bond acceptors (Lipinski definition) is 7. The van der Waals surface area contributed by atoms with Crippen LogP contribution in [0, 0.1) is 12.8 Å². The monoisotopic (exact) mass is 485 g/mol. The van der Waals surface area contributed by atoms with E-state index in [1.807, 2.05) is 64.6 Å². The lowest BCUT2D eigenvalue weighted by Gasteiger charge is -2.39. The molecule has 0 N–H and O–H groups in total. The van der Waals surface area contributed by atoms with E-state index in [2.05, 4.69) is 4.98 Å². The van der Waals surface area contributed by atoms with E-state index in [9.17, 15) is 14.4 Å². The van der Waals surface area contributed by atoms with Gasteiger partial charge in [0.05, 0.1) is 17.2 Å². The van der Waals surface area contributed by atoms with Crippen molar-refractivity contribution in [1.82, 2.24) is 14.1 Å². The number of Topliss-reactive ketones (excluding diaryl/α,β-unsaturated/α-hetero) is 1. The Morgan fingerprint density at radius 3 is 2.56 bits per heavy atom. The third-order valence-electron chi connectivity index (χ3n) is 6.97. The van der Waals surface area contributed by atoms with Gasteiger partial charge in [0, 0.05) is 36.9 Å². The molecular formula is C27H23N3O6. The van der Waals surface area contributed by atoms with Gasteiger partial charge in [-0.2, -0.15) is 0 Å². The first-order valence-corrected chi connectivity index (χ1v) is 11.6. The van der Waals surface area contributed by atoms with Crippen LogP contribution in [0.2, 0.25) is 0 Å². The summed E-state index contributed by atoms with van der Waals surface area (Å²) < 4.78 is 20.7. The minimum atomic E-state index is -1.09. The van der Waals surface area contributed by atoms with Gasteiger partial charge in [0.1, 0.15) is 18.2 Å². The summed E-state index contributed by atoms with van der Waals surface area (Å²) >= 11 is 0. The summed E-state index contributed by atoms with van der Waals surface area (Å²) in [4.78, 5) is 42.5. The molecule has 0 bridgehead atoms. The number of carbonyl (C=O) groups is 3. The molecule has 4 aromatic rings. The summed E-state index contributed by atoms with van der Waals surface area (Å²) in [6, 6.07) is 15.4. The number of imidazole rings is 1. The smallest absolute Gasteiger partial charge is 0.418 e. The van der Waals surface area contributed by atoms with E-state index in [1.54, 1.807) is 19.4 Å². The van der Waals surface area contributed by atoms with Crippen LogP contribution in [0.25, 0.3) is 10.9 Å². The molecule has 2 aliphatic rings. The molecule has 9 heteroatoms. The highest BCUT2D eigenvalue weighted by Gasteiger charge is 2.53. The first kappa shape index (κ1) is 22.1. The van der Waals surface area contributed by atoms with Crippen molar-refractivity contribution in [3.05, 3.63) is 83.6 Å². The predicted octanol–water partition coefficient (Wildman–Crippen LogP) is 3.28. The number of benzene rings is 2. The summed E-state index contributed by atoms with van der Waals surface area (Å²) in [6.45, 7) is 2.45. The SMILES string of the molecule is Cc1nccn1CC1C(=O)c2c(n(C)c3ccc(OCc4ccccc4)cc23)C2OC(=O)C(=O)OC12. The lowest BCUT2D eigenvalue weighted by Crippen LogP contribution is -2.50. The van der Waals surface area contributed by atoms with Crippen LogP contribution in [0.3, 0.4) is 0 Å². The van der Waals surface area contributed by atoms with Gasteiger partial charge in [0.15, 0.2) is 18.0 Å². The van der Waals surface area contributed by atoms with Gasteiger partial charge in [-0.25, -0.2) is 14.6 Å². The number of ketones is 1. The molecule has 3 heterocycles. The molecule has 1 saturated heterocycles. The van der Waals surface area contributed by atoms with Crippen molar-refractivity contribution in [2.75, 3.05) is 0 Å². The fourth-order valence-electron chi connectivity index (χ4n) is 5.16. The highest BCUT2D eigenvalue weighted by molar-refractivity contribution is 6.30. The number of aryl methyl sites for hydroxylation is 2. The molecule has 2 aromatic carbocycles. The van der Waals surface area contributed by atoms with Crippen LogP contribution < -0.4 is 4.74 Å². The number of hydrogen-bond donors (Lipinski definition) is 0. The minimum Gasteiger partial charge on any atom is -0.489 e. The summed E-state index contributed by atoms with van der Waals surface area (Å²) in [5.74, 6) is -1.76. The van der Waals surface area contributed by atoms with Gasteiger partial charge in [-0.3, -0.25) is 4.79 Å². The molecule has 3 unspecified atom stereocenters. The van der Waals surface area contributed by atoms with Crippen molar-refractivity contribution < 1.29 is 28.6 Å². The standard InChI is InChI=1S/C27H23N3O6/c1-15-28-10-11-30(15)13-19-23(31)21-18-12-17(34-14-16-6-4-3-5-7-16)8-9-20(18)29(2)22(21)25-24(19)35-26(32)27(33)36-25/h3-12,19,24-25H,13-14H2,1-2H3. The Bertz CT molecular complexity index is 1520. The zero-order valence-electron chi connectivity index (χ0n) is 19.7. The molecule has 0 saturated carbocycles. The molecule has 0 radical (unpaired) electrons. The highest BCUT2D eigenvalue weighted by atomic mass is 16.6. The van der Waals surface area contributed by atoms with Crippen LogP contribution in [0.5, 0.6) is 5.75 Å². The second kappa shape index (κ2) is 8.37. The first-order chi connectivity index (χ1) is 17.4. The van der Waals surface area contributed by atoms with Crippen LogP contribution in [-0.2, 0) is 39.3 Å². The Labute approximate surface area is 206 Å². The van der Waals surface area contributed by atoms with Crippen LogP contribution in [0.15, 0.2) is 60.9 Å². The number of esters is 2. The summed E-state index contributed by atoms with van der Waals surface area (Å²) in [5, 5.41) is 0.696. The zero-order valence-corrected chi connectivity index (χ0v) is 19.7. The molecule has 1 fully saturated rings. The van der Waals surface area contributed by atoms with Gasteiger partial charge < -0.3 is 23.3 Å². The Balaban J connectivity index is 1.44. The van der Waals surface area contributed by atoms with Gasteiger partial charge in [0.25, 0.3) is 0 Å². The third-order valence-corrected chi connectivity index (χ3v) is 6.97. The van der Waals surface area contributed by atoms with E-state index in [0.29, 0.717) is 29.0 Å². The number of carbonyl (C=O) groups excluding carboxylic acids is 3. The van der Waals surface area contributed by atoms with Crippen molar-refractivity contribution in [3.63, 3.8) is 0 Å². The van der Waals surface area contributed by atoms with Crippen LogP contribution in [0.1, 0.15) is 33.5 Å². The molecule has 1 aliphatic heterocycles. The van der Waals surface area contributed by atoms with Gasteiger partial charge >= 0.3 is 11.9 Å². The lowest BCUT2D eigenvalue weighted by atomic mass is 9.80. The van der Waals surface area contributed by atoms with Gasteiger partial charge in [-0.1, -0.05) is 30.3 Å². The fourth-order valence-corrected chi connectivity index (χ4v) is 5.16. The average molecular weight is 485 g/mol. The highest BCUT2D eigenvalue weighted by Crippen LogP contribution is 2.45. The van der Waals surface area contributed by atoms with Crippen LogP contribution in [-0.4, -0.2) is 37.9 Å². The number of ether oxygens (including phenoxy) is 3. The minimum absolute atomic E-state index is 0.184. The molecule has 36 heavy (non-hydrogen) atoms. The number of nitrogens with zero attached hydrogens (tertiary/aromatic N) is 3. The van der Waals surface area contributed by atoms with Crippen molar-refractivity contribution >= 4 is 28.6 Å². The molecule has 6 rings (SSSR count). The molecular weight excluding hydrogens is 462 g/mol. The van der Waals surface area contributed by atoms with E-state index in [1.165, 1.54) is 0 Å². The van der Waals surface area contributed by atoms with Crippen molar-refractivity contribution in [1.29, 1.82) is 0 Å². The molecule has 3 atom stereocenters. The largest absolute Gasteiger partial charge is 0.489 e. The van der Waals surface area contributed by atoms with Crippen molar-refractivity contribution in [2.45, 2.75) is 32.3 Å². The van der Waals surface area contributed by atoms with Crippen molar-refractivity contribution in [3.8, 4) is 5.75 Å². The number of aromatic nitrogens is 3. The number of fused-ring (bicyclic) bond motifs is 5. The predicted molar refractivity (Wildman–Crippen MR) is 127 cm³/mol. The third kappa shape index (κ3) is 3.46. The summed E-state index contributed by atoms with van der Waals surface area (Å²) in [7, 11) is 1.81. The molecule has 2 aromatic heterocycles. The maximum atomic E-state index is 14.0. The normalized spacial score (nSPS) is 21.1. The number of rotatable bonds is 5. The maximum absolute atomic E-state index is 14.0. The van der Waals surface area contributed by atoms with Crippen LogP contribution >= 0.6 is 0 Å². The van der Waals surface area contributed by atoms with E-state index in [-0.39, 0.29) is 12.3 Å². The topological polar surface area (TPSA) is 102 Å². The summed E-state index contributed by atoms with van der Waals surface area (Å²) in [6.07, 6.45) is 1.58. The second-order valence-electron chi connectivity index (χ2n) is 9.07. The fraction of sp³-hybridized carbons (Fsp3) is 0.259. The Hall–Kier alpha value is -4.40. The zero-order chi connectivity index (χ0) is 25.0. The Kier molecular flexibility index (Phi) is 5.13. The molecule has 0 amide bonds. The Morgan fingerprint density at radius 1 is 1.03 bits per heavy atom. The summed E-state index contributed by atoms with van der Waals surface area (Å²) in [5.41, 5.74) is 2.77. The second-order valence-corrected chi connectivity index (χ2v) is 9.07. The van der Waals surface area contributed by atoms with E-state index < -0.39 is 30.1 Å². The van der Waals surface area contributed by atoms with Crippen molar-refractivity contribution in [2.24, 2.45) is 13.0 Å². The molecule has 0 spiro atoms. The maximum Gasteiger partial charge on any atom is 0.418 e. The van der Waals surface area contributed by atoms with E-state index >= 15 is 0 Å². The molecule has 182 valence electrons. The first-order valence-electron chi connectivity index (χ1n) is 11.6.